The first-order chi connectivity index (χ1) is 16.2. The summed E-state index contributed by atoms with van der Waals surface area (Å²) < 4.78 is 0.490. The Kier molecular flexibility index (Phi) is 8.51. The highest BCUT2D eigenvalue weighted by Crippen LogP contribution is 2.47. The monoisotopic (exact) mass is 627 g/mol. The highest BCUT2D eigenvalue weighted by atomic mass is 79.9. The Morgan fingerprint density at radius 3 is 2.83 bits per heavy atom. The molecule has 4 atom stereocenters. The number of carbonyl (C=O) groups excluding carboxylic acids is 2. The van der Waals surface area contributed by atoms with Crippen LogP contribution in [0.15, 0.2) is 14.1 Å². The number of oxime groups is 1. The summed E-state index contributed by atoms with van der Waals surface area (Å²) in [6.07, 6.45) is 0. The highest BCUT2D eigenvalue weighted by Gasteiger charge is 2.59. The molecule has 0 saturated carbocycles. The predicted octanol–water partition coefficient (Wildman–Crippen LogP) is 0.425. The maximum Gasteiger partial charge on any atom is 0.313 e. The number of nitrogens with two attached hydrogens (primary N) is 1. The van der Waals surface area contributed by atoms with Gasteiger partial charge < -0.3 is 25.9 Å². The van der Waals surface area contributed by atoms with Crippen LogP contribution < -0.4 is 11.1 Å². The van der Waals surface area contributed by atoms with E-state index in [4.69, 9.17) is 10.6 Å². The topological polar surface area (TPSA) is 202 Å². The molecule has 4 rings (SSSR count). The maximum atomic E-state index is 12.9. The summed E-state index contributed by atoms with van der Waals surface area (Å²) in [5, 5.41) is 29.7. The molecule has 0 spiro atoms. The summed E-state index contributed by atoms with van der Waals surface area (Å²) in [6.45, 7) is 1.74. The Labute approximate surface area is 225 Å². The number of hydrogen-bond donors (Lipinski definition) is 4. The van der Waals surface area contributed by atoms with E-state index < -0.39 is 34.0 Å². The van der Waals surface area contributed by atoms with Crippen LogP contribution >= 0.6 is 63.2 Å². The van der Waals surface area contributed by atoms with Crippen molar-refractivity contribution in [2.75, 3.05) is 25.1 Å². The second-order valence-electron chi connectivity index (χ2n) is 7.33. The first-order valence-corrected chi connectivity index (χ1v) is 13.1. The summed E-state index contributed by atoms with van der Waals surface area (Å²) in [5.41, 5.74) is 4.52. The highest BCUT2D eigenvalue weighted by molar-refractivity contribution is 9.11. The number of aliphatic carboxylic acids is 1. The van der Waals surface area contributed by atoms with E-state index in [1.165, 1.54) is 35.5 Å². The van der Waals surface area contributed by atoms with Crippen molar-refractivity contribution in [3.05, 3.63) is 9.48 Å². The maximum absolute atomic E-state index is 12.9. The molecule has 0 aromatic carbocycles. The third-order valence-electron chi connectivity index (χ3n) is 5.43. The van der Waals surface area contributed by atoms with Gasteiger partial charge >= 0.3 is 5.97 Å². The fraction of sp³-hybridized carbons (Fsp3) is 0.500. The quantitative estimate of drug-likeness (QED) is 0.136. The molecular formula is C16H19BrClN9O5S3. The van der Waals surface area contributed by atoms with E-state index in [0.717, 1.165) is 11.3 Å². The minimum absolute atomic E-state index is 0. The van der Waals surface area contributed by atoms with Crippen LogP contribution in [0.25, 0.3) is 0 Å². The van der Waals surface area contributed by atoms with Gasteiger partial charge in [0, 0.05) is 17.5 Å². The average molecular weight is 629 g/mol. The number of fused-ring (bicyclic) bond motifs is 1. The Hall–Kier alpha value is -2.15. The smallest absolute Gasteiger partial charge is 0.313 e. The van der Waals surface area contributed by atoms with Crippen LogP contribution in [0, 0.1) is 5.41 Å². The molecule has 19 heteroatoms. The molecule has 2 fully saturated rings. The first-order valence-electron chi connectivity index (χ1n) is 9.57. The van der Waals surface area contributed by atoms with Crippen LogP contribution in [0.3, 0.4) is 0 Å². The average Bonchev–Trinajstić information content (AvgIpc) is 3.43. The molecule has 2 aliphatic rings. The molecule has 0 bridgehead atoms. The van der Waals surface area contributed by atoms with Crippen molar-refractivity contribution in [3.63, 3.8) is 0 Å². The Morgan fingerprint density at radius 2 is 2.26 bits per heavy atom. The van der Waals surface area contributed by atoms with Gasteiger partial charge in [-0.05, 0) is 21.1 Å². The number of nitrogens with zero attached hydrogens (tertiary/aromatic N) is 6. The van der Waals surface area contributed by atoms with Gasteiger partial charge in [0.05, 0.1) is 0 Å². The fourth-order valence-corrected chi connectivity index (χ4v) is 7.66. The number of nitrogen functional groups attached to an aromatic ring is 1. The number of thiazole rings is 1. The first kappa shape index (κ1) is 27.4. The molecule has 2 aliphatic heterocycles. The van der Waals surface area contributed by atoms with Gasteiger partial charge in [0.25, 0.3) is 5.91 Å². The SMILES string of the molecule is CON=C(C(=O)NC1C(=O)N2CC(C(=O)O)(C(C)Sc3nn[nH]n3)CS[C@H]12)c1nc(N)sc1Br.Cl. The van der Waals surface area contributed by atoms with Gasteiger partial charge in [-0.3, -0.25) is 14.4 Å². The van der Waals surface area contributed by atoms with Crippen molar-refractivity contribution < 1.29 is 24.3 Å². The number of aromatic nitrogens is 5. The Bertz CT molecular complexity index is 1150. The number of anilines is 1. The van der Waals surface area contributed by atoms with Crippen LogP contribution in [-0.4, -0.2) is 95.2 Å². The zero-order chi connectivity index (χ0) is 24.6. The number of nitrogens with one attached hydrogen (secondary N) is 2. The third-order valence-corrected chi connectivity index (χ3v) is 9.70. The lowest BCUT2D eigenvalue weighted by Crippen LogP contribution is -2.74. The van der Waals surface area contributed by atoms with Crippen molar-refractivity contribution in [2.45, 2.75) is 28.7 Å². The summed E-state index contributed by atoms with van der Waals surface area (Å²) in [7, 11) is 1.28. The van der Waals surface area contributed by atoms with E-state index in [2.05, 4.69) is 52.0 Å². The van der Waals surface area contributed by atoms with E-state index >= 15 is 0 Å². The minimum Gasteiger partial charge on any atom is -0.481 e. The zero-order valence-electron chi connectivity index (χ0n) is 18.0. The van der Waals surface area contributed by atoms with E-state index in [0.29, 0.717) is 8.94 Å². The Balaban J connectivity index is 0.00000342. The van der Waals surface area contributed by atoms with Crippen molar-refractivity contribution in [1.82, 2.24) is 35.8 Å². The van der Waals surface area contributed by atoms with Gasteiger partial charge in [-0.1, -0.05) is 35.2 Å². The molecule has 190 valence electrons. The number of tetrazole rings is 1. The van der Waals surface area contributed by atoms with E-state index in [9.17, 15) is 19.5 Å². The number of hydrogen-bond acceptors (Lipinski definition) is 13. The number of carbonyl (C=O) groups is 3. The van der Waals surface area contributed by atoms with Crippen LogP contribution in [0.2, 0.25) is 0 Å². The predicted molar refractivity (Wildman–Crippen MR) is 134 cm³/mol. The number of carboxylic acids is 1. The lowest BCUT2D eigenvalue weighted by molar-refractivity contribution is -0.158. The summed E-state index contributed by atoms with van der Waals surface area (Å²) in [6, 6.07) is -0.846. The van der Waals surface area contributed by atoms with E-state index in [1.807, 2.05) is 0 Å². The molecule has 35 heavy (non-hydrogen) atoms. The lowest BCUT2D eigenvalue weighted by Gasteiger charge is -2.54. The van der Waals surface area contributed by atoms with E-state index in [1.54, 1.807) is 6.92 Å². The lowest BCUT2D eigenvalue weighted by atomic mass is 9.84. The molecule has 3 unspecified atom stereocenters. The van der Waals surface area contributed by atoms with Gasteiger partial charge in [-0.2, -0.15) is 5.21 Å². The van der Waals surface area contributed by atoms with Crippen molar-refractivity contribution in [1.29, 1.82) is 0 Å². The molecule has 0 aliphatic carbocycles. The number of carboxylic acid groups (broad SMARTS) is 1. The molecule has 2 aromatic heterocycles. The number of H-pyrrole nitrogens is 1. The third kappa shape index (κ3) is 5.07. The van der Waals surface area contributed by atoms with Gasteiger partial charge in [-0.25, -0.2) is 4.98 Å². The molecule has 2 saturated heterocycles. The second-order valence-corrected chi connectivity index (χ2v) is 12.1. The van der Waals surface area contributed by atoms with Gasteiger partial charge in [-0.15, -0.1) is 34.4 Å². The van der Waals surface area contributed by atoms with Crippen LogP contribution in [0.4, 0.5) is 5.13 Å². The van der Waals surface area contributed by atoms with Crippen molar-refractivity contribution in [2.24, 2.45) is 10.6 Å². The number of β-lactam (4-membered cyclic amide) rings is 1. The molecule has 0 radical (unpaired) electrons. The van der Waals surface area contributed by atoms with E-state index in [-0.39, 0.29) is 47.1 Å². The molecule has 2 aromatic rings. The molecular weight excluding hydrogens is 610 g/mol. The fourth-order valence-electron chi connectivity index (χ4n) is 3.57. The number of halogens is 2. The molecule has 2 amide bonds. The van der Waals surface area contributed by atoms with Gasteiger partial charge in [0.2, 0.25) is 11.1 Å². The summed E-state index contributed by atoms with van der Waals surface area (Å²) >= 11 is 6.86. The standard InChI is InChI=1S/C16H18BrN9O5S3.ClH/c1-5(33-15-21-24-25-22-15)16(13(29)30)3-26-11(28)8(12(26)32-4-16)19-10(27)7(23-31-2)6-9(17)34-14(18)20-6;/h5,8,12H,3-4H2,1-2H3,(H2,18,20)(H,19,27)(H,29,30)(H,21,22,24,25);1H/t5?,8?,12-,16?;/m1./s1. The summed E-state index contributed by atoms with van der Waals surface area (Å²) in [5.74, 6) is -1.85. The molecule has 14 nitrogen and oxygen atoms in total. The minimum atomic E-state index is -1.23. The van der Waals surface area contributed by atoms with Gasteiger partial charge in [0.1, 0.15) is 33.4 Å². The largest absolute Gasteiger partial charge is 0.481 e. The summed E-state index contributed by atoms with van der Waals surface area (Å²) in [4.78, 5) is 48.5. The number of amides is 2. The second kappa shape index (κ2) is 10.9. The number of rotatable bonds is 8. The van der Waals surface area contributed by atoms with Crippen LogP contribution in [0.1, 0.15) is 12.6 Å². The van der Waals surface area contributed by atoms with Crippen molar-refractivity contribution >= 4 is 91.8 Å². The number of aromatic amines is 1. The van der Waals surface area contributed by atoms with Crippen LogP contribution in [-0.2, 0) is 19.2 Å². The normalized spacial score (nSPS) is 24.6. The molecule has 4 heterocycles. The Morgan fingerprint density at radius 1 is 1.51 bits per heavy atom. The zero-order valence-corrected chi connectivity index (χ0v) is 22.9. The molecule has 5 N–H and O–H groups in total. The number of thioether (sulfide) groups is 2. The van der Waals surface area contributed by atoms with Gasteiger partial charge in [0.15, 0.2) is 10.8 Å². The van der Waals surface area contributed by atoms with Crippen molar-refractivity contribution in [3.8, 4) is 0 Å². The van der Waals surface area contributed by atoms with Crippen LogP contribution in [0.5, 0.6) is 0 Å².